The molecule has 1 saturated carbocycles. The van der Waals surface area contributed by atoms with Crippen LogP contribution in [0.25, 0.3) is 0 Å². The van der Waals surface area contributed by atoms with Crippen molar-refractivity contribution in [3.8, 4) is 6.07 Å². The molecule has 1 rings (SSSR count). The molecule has 1 fully saturated rings. The van der Waals surface area contributed by atoms with Crippen molar-refractivity contribution in [1.82, 2.24) is 5.32 Å². The first-order valence-corrected chi connectivity index (χ1v) is 6.64. The Morgan fingerprint density at radius 1 is 1.47 bits per heavy atom. The molecule has 1 unspecified atom stereocenters. The Morgan fingerprint density at radius 2 is 2.05 bits per heavy atom. The second kappa shape index (κ2) is 6.05. The summed E-state index contributed by atoms with van der Waals surface area (Å²) in [5.41, 5.74) is -0.956. The molecule has 0 radical (unpaired) electrons. The smallest absolute Gasteiger partial charge is 0.328 e. The standard InChI is InChI=1S/C14H22N2O3/c1-9(2)5-11(12(17)19-4)16-13(18)14(8-15)6-10(3)7-14/h9-11H,5-7H2,1-4H3,(H,16,18). The molecule has 0 aromatic carbocycles. The van der Waals surface area contributed by atoms with E-state index in [9.17, 15) is 14.9 Å². The number of hydrogen-bond donors (Lipinski definition) is 1. The van der Waals surface area contributed by atoms with E-state index in [1.165, 1.54) is 7.11 Å². The van der Waals surface area contributed by atoms with Crippen molar-refractivity contribution in [2.45, 2.75) is 46.1 Å². The third kappa shape index (κ3) is 3.46. The number of carbonyl (C=O) groups is 2. The molecule has 0 spiro atoms. The molecular formula is C14H22N2O3. The van der Waals surface area contributed by atoms with Gasteiger partial charge in [-0.1, -0.05) is 20.8 Å². The first kappa shape index (κ1) is 15.5. The Bertz CT molecular complexity index is 392. The number of amides is 1. The van der Waals surface area contributed by atoms with Gasteiger partial charge in [0.05, 0.1) is 13.2 Å². The molecule has 1 aliphatic carbocycles. The van der Waals surface area contributed by atoms with Gasteiger partial charge in [-0.25, -0.2) is 4.79 Å². The van der Waals surface area contributed by atoms with E-state index >= 15 is 0 Å². The lowest BCUT2D eigenvalue weighted by Gasteiger charge is -2.39. The Hall–Kier alpha value is -1.57. The molecule has 5 nitrogen and oxygen atoms in total. The zero-order chi connectivity index (χ0) is 14.6. The minimum Gasteiger partial charge on any atom is -0.467 e. The van der Waals surface area contributed by atoms with Crippen LogP contribution in [0.1, 0.15) is 40.0 Å². The zero-order valence-electron chi connectivity index (χ0n) is 12.0. The second-order valence-corrected chi connectivity index (χ2v) is 5.89. The number of methoxy groups -OCH3 is 1. The Labute approximate surface area is 114 Å². The highest BCUT2D eigenvalue weighted by molar-refractivity contribution is 5.90. The van der Waals surface area contributed by atoms with Crippen LogP contribution in [-0.4, -0.2) is 25.0 Å². The van der Waals surface area contributed by atoms with Gasteiger partial charge in [-0.15, -0.1) is 0 Å². The Kier molecular flexibility index (Phi) is 4.93. The van der Waals surface area contributed by atoms with Crippen LogP contribution in [0.5, 0.6) is 0 Å². The fraction of sp³-hybridized carbons (Fsp3) is 0.786. The molecule has 1 aliphatic rings. The summed E-state index contributed by atoms with van der Waals surface area (Å²) in [4.78, 5) is 23.8. The van der Waals surface area contributed by atoms with Crippen LogP contribution in [0.15, 0.2) is 0 Å². The van der Waals surface area contributed by atoms with Crippen molar-refractivity contribution in [1.29, 1.82) is 5.26 Å². The molecule has 1 amide bonds. The molecule has 5 heteroatoms. The zero-order valence-corrected chi connectivity index (χ0v) is 12.0. The van der Waals surface area contributed by atoms with Gasteiger partial charge in [0.2, 0.25) is 5.91 Å². The van der Waals surface area contributed by atoms with E-state index in [0.717, 1.165) is 0 Å². The highest BCUT2D eigenvalue weighted by Crippen LogP contribution is 2.45. The van der Waals surface area contributed by atoms with Crippen LogP contribution in [0.2, 0.25) is 0 Å². The fourth-order valence-electron chi connectivity index (χ4n) is 2.58. The van der Waals surface area contributed by atoms with E-state index in [1.54, 1.807) is 0 Å². The minimum atomic E-state index is -0.956. The molecule has 0 saturated heterocycles. The van der Waals surface area contributed by atoms with Gasteiger partial charge in [0.25, 0.3) is 0 Å². The summed E-state index contributed by atoms with van der Waals surface area (Å²) in [6, 6.07) is 1.43. The topological polar surface area (TPSA) is 79.2 Å². The third-order valence-electron chi connectivity index (χ3n) is 3.54. The van der Waals surface area contributed by atoms with Crippen LogP contribution < -0.4 is 5.32 Å². The van der Waals surface area contributed by atoms with E-state index in [1.807, 2.05) is 20.8 Å². The van der Waals surface area contributed by atoms with E-state index in [-0.39, 0.29) is 11.8 Å². The van der Waals surface area contributed by atoms with Crippen LogP contribution in [0, 0.1) is 28.6 Å². The molecule has 0 heterocycles. The average Bonchev–Trinajstić information content (AvgIpc) is 2.32. The molecule has 1 N–H and O–H groups in total. The maximum absolute atomic E-state index is 12.2. The number of ether oxygens (including phenoxy) is 1. The van der Waals surface area contributed by atoms with Crippen molar-refractivity contribution in [2.75, 3.05) is 7.11 Å². The van der Waals surface area contributed by atoms with E-state index in [2.05, 4.69) is 11.4 Å². The molecular weight excluding hydrogens is 244 g/mol. The first-order chi connectivity index (χ1) is 8.84. The third-order valence-corrected chi connectivity index (χ3v) is 3.54. The maximum atomic E-state index is 12.2. The normalized spacial score (nSPS) is 27.1. The number of nitrogens with one attached hydrogen (secondary N) is 1. The molecule has 0 aliphatic heterocycles. The first-order valence-electron chi connectivity index (χ1n) is 6.64. The average molecular weight is 266 g/mol. The molecule has 1 atom stereocenters. The second-order valence-electron chi connectivity index (χ2n) is 5.89. The van der Waals surface area contributed by atoms with Crippen molar-refractivity contribution >= 4 is 11.9 Å². The van der Waals surface area contributed by atoms with E-state index in [0.29, 0.717) is 25.2 Å². The van der Waals surface area contributed by atoms with Crippen molar-refractivity contribution < 1.29 is 14.3 Å². The summed E-state index contributed by atoms with van der Waals surface area (Å²) in [6.07, 6.45) is 1.63. The Balaban J connectivity index is 2.71. The Morgan fingerprint density at radius 3 is 2.42 bits per heavy atom. The fourth-order valence-corrected chi connectivity index (χ4v) is 2.58. The van der Waals surface area contributed by atoms with Crippen molar-refractivity contribution in [3.05, 3.63) is 0 Å². The highest BCUT2D eigenvalue weighted by Gasteiger charge is 2.49. The number of nitrogens with zero attached hydrogens (tertiary/aromatic N) is 1. The van der Waals surface area contributed by atoms with Gasteiger partial charge in [0.1, 0.15) is 11.5 Å². The quantitative estimate of drug-likeness (QED) is 0.767. The number of nitriles is 1. The predicted octanol–water partition coefficient (Wildman–Crippen LogP) is 1.63. The SMILES string of the molecule is COC(=O)C(CC(C)C)NC(=O)C1(C#N)CC(C)C1. The van der Waals surface area contributed by atoms with Gasteiger partial charge in [-0.2, -0.15) is 5.26 Å². The van der Waals surface area contributed by atoms with Gasteiger partial charge in [-0.05, 0) is 31.1 Å². The van der Waals surface area contributed by atoms with Gasteiger partial charge in [0, 0.05) is 0 Å². The summed E-state index contributed by atoms with van der Waals surface area (Å²) in [5.74, 6) is -0.165. The van der Waals surface area contributed by atoms with E-state index in [4.69, 9.17) is 4.74 Å². The lowest BCUT2D eigenvalue weighted by molar-refractivity contribution is -0.148. The summed E-state index contributed by atoms with van der Waals surface area (Å²) in [6.45, 7) is 5.94. The number of rotatable bonds is 5. The van der Waals surface area contributed by atoms with Gasteiger partial charge in [-0.3, -0.25) is 4.79 Å². The number of hydrogen-bond acceptors (Lipinski definition) is 4. The maximum Gasteiger partial charge on any atom is 0.328 e. The summed E-state index contributed by atoms with van der Waals surface area (Å²) in [5, 5.41) is 11.9. The monoisotopic (exact) mass is 266 g/mol. The molecule has 0 aromatic rings. The van der Waals surface area contributed by atoms with E-state index < -0.39 is 17.4 Å². The van der Waals surface area contributed by atoms with Crippen LogP contribution in [0.3, 0.4) is 0 Å². The van der Waals surface area contributed by atoms with Gasteiger partial charge in [0.15, 0.2) is 0 Å². The van der Waals surface area contributed by atoms with Crippen molar-refractivity contribution in [2.24, 2.45) is 17.3 Å². The minimum absolute atomic E-state index is 0.253. The highest BCUT2D eigenvalue weighted by atomic mass is 16.5. The number of esters is 1. The van der Waals surface area contributed by atoms with Gasteiger partial charge < -0.3 is 10.1 Å². The summed E-state index contributed by atoms with van der Waals surface area (Å²) >= 11 is 0. The molecule has 106 valence electrons. The summed E-state index contributed by atoms with van der Waals surface area (Å²) in [7, 11) is 1.30. The molecule has 19 heavy (non-hydrogen) atoms. The van der Waals surface area contributed by atoms with Crippen LogP contribution in [-0.2, 0) is 14.3 Å². The molecule has 0 bridgehead atoms. The van der Waals surface area contributed by atoms with Gasteiger partial charge >= 0.3 is 5.97 Å². The lowest BCUT2D eigenvalue weighted by Crippen LogP contribution is -2.53. The van der Waals surface area contributed by atoms with Crippen LogP contribution >= 0.6 is 0 Å². The predicted molar refractivity (Wildman–Crippen MR) is 69.8 cm³/mol. The lowest BCUT2D eigenvalue weighted by atomic mass is 9.63. The molecule has 0 aromatic heterocycles. The summed E-state index contributed by atoms with van der Waals surface area (Å²) < 4.78 is 4.70. The van der Waals surface area contributed by atoms with Crippen molar-refractivity contribution in [3.63, 3.8) is 0 Å². The van der Waals surface area contributed by atoms with Crippen LogP contribution in [0.4, 0.5) is 0 Å². The number of carbonyl (C=O) groups excluding carboxylic acids is 2. The largest absolute Gasteiger partial charge is 0.467 e.